The molecule has 1 unspecified atom stereocenters. The van der Waals surface area contributed by atoms with Gasteiger partial charge in [0.05, 0.1) is 23.2 Å². The van der Waals surface area contributed by atoms with Crippen molar-refractivity contribution < 1.29 is 14.4 Å². The first-order valence-electron chi connectivity index (χ1n) is 15.0. The lowest BCUT2D eigenvalue weighted by atomic mass is 9.82. The topological polar surface area (TPSA) is 105 Å². The van der Waals surface area contributed by atoms with Crippen molar-refractivity contribution in [3.05, 3.63) is 78.4 Å². The summed E-state index contributed by atoms with van der Waals surface area (Å²) in [5.41, 5.74) is 8.91. The second kappa shape index (κ2) is 14.2. The van der Waals surface area contributed by atoms with Gasteiger partial charge in [-0.3, -0.25) is 14.4 Å². The summed E-state index contributed by atoms with van der Waals surface area (Å²) in [5.74, 6) is -1.90. The number of allylic oxidation sites excluding steroid dienone is 1. The molecule has 3 N–H and O–H groups in total. The van der Waals surface area contributed by atoms with Crippen LogP contribution in [0, 0.1) is 23.7 Å². The number of benzodiazepines with no additional fused rings is 1. The highest BCUT2D eigenvalue weighted by Gasteiger charge is 2.37. The van der Waals surface area contributed by atoms with Crippen molar-refractivity contribution in [2.24, 2.45) is 34.4 Å². The zero-order valence-electron chi connectivity index (χ0n) is 24.4. The molecule has 0 spiro atoms. The molecule has 1 heterocycles. The first-order chi connectivity index (χ1) is 19.8. The van der Waals surface area contributed by atoms with E-state index in [0.717, 1.165) is 23.2 Å². The van der Waals surface area contributed by atoms with Crippen molar-refractivity contribution in [3.8, 4) is 0 Å². The van der Waals surface area contributed by atoms with Crippen LogP contribution in [-0.2, 0) is 14.4 Å². The normalized spacial score (nSPS) is 19.1. The van der Waals surface area contributed by atoms with Crippen LogP contribution >= 0.6 is 0 Å². The van der Waals surface area contributed by atoms with E-state index in [1.165, 1.54) is 32.1 Å². The van der Waals surface area contributed by atoms with Crippen LogP contribution in [0.5, 0.6) is 0 Å². The van der Waals surface area contributed by atoms with Gasteiger partial charge in [-0.1, -0.05) is 101 Å². The molecule has 1 fully saturated rings. The van der Waals surface area contributed by atoms with Crippen molar-refractivity contribution >= 4 is 29.1 Å². The van der Waals surface area contributed by atoms with Gasteiger partial charge < -0.3 is 16.0 Å². The summed E-state index contributed by atoms with van der Waals surface area (Å²) in [7, 11) is 0. The number of rotatable bonds is 12. The summed E-state index contributed by atoms with van der Waals surface area (Å²) in [4.78, 5) is 47.2. The minimum Gasteiger partial charge on any atom is -0.369 e. The van der Waals surface area contributed by atoms with Gasteiger partial charge in [0.2, 0.25) is 18.0 Å². The highest BCUT2D eigenvalue weighted by atomic mass is 16.2. The lowest BCUT2D eigenvalue weighted by Gasteiger charge is -2.30. The van der Waals surface area contributed by atoms with E-state index < -0.39 is 29.8 Å². The number of nitrogens with zero attached hydrogens (tertiary/aromatic N) is 2. The van der Waals surface area contributed by atoms with Crippen LogP contribution in [0.3, 0.4) is 0 Å². The number of nitrogens with two attached hydrogens (primary N) is 1. The number of primary amides is 1. The number of nitrogens with one attached hydrogen (secondary N) is 1. The molecule has 2 aliphatic rings. The molecule has 0 aromatic heterocycles. The van der Waals surface area contributed by atoms with Gasteiger partial charge in [0.25, 0.3) is 5.91 Å². The van der Waals surface area contributed by atoms with E-state index in [1.807, 2.05) is 68.4 Å². The molecule has 3 amide bonds. The number of fused-ring (bicyclic) bond motifs is 1. The number of aliphatic imine (C=N–C) groups is 1. The molecular weight excluding hydrogens is 512 g/mol. The molecule has 1 aliphatic carbocycles. The van der Waals surface area contributed by atoms with E-state index in [1.54, 1.807) is 11.0 Å². The van der Waals surface area contributed by atoms with Gasteiger partial charge in [-0.05, 0) is 37.2 Å². The van der Waals surface area contributed by atoms with E-state index in [9.17, 15) is 14.4 Å². The van der Waals surface area contributed by atoms with E-state index in [2.05, 4.69) is 11.9 Å². The Morgan fingerprint density at radius 3 is 2.39 bits per heavy atom. The number of benzene rings is 2. The Kier molecular flexibility index (Phi) is 10.5. The fourth-order valence-electron chi connectivity index (χ4n) is 6.23. The Labute approximate surface area is 244 Å². The molecule has 0 bridgehead atoms. The zero-order valence-corrected chi connectivity index (χ0v) is 24.4. The Bertz CT molecular complexity index is 1250. The molecule has 4 rings (SSSR count). The fraction of sp³-hybridized carbons (Fsp3) is 0.471. The number of para-hydroxylation sites is 1. The average Bonchev–Trinajstić information content (AvgIpc) is 3.08. The Hall–Kier alpha value is -3.74. The van der Waals surface area contributed by atoms with E-state index >= 15 is 0 Å². The van der Waals surface area contributed by atoms with Gasteiger partial charge in [0.15, 0.2) is 0 Å². The molecule has 1 saturated carbocycles. The summed E-state index contributed by atoms with van der Waals surface area (Å²) in [5, 5.41) is 2.95. The van der Waals surface area contributed by atoms with Gasteiger partial charge in [0, 0.05) is 17.7 Å². The number of hydrogen-bond acceptors (Lipinski definition) is 4. The van der Waals surface area contributed by atoms with Gasteiger partial charge in [0.1, 0.15) is 0 Å². The molecule has 1 aliphatic heterocycles. The molecule has 0 radical (unpaired) electrons. The van der Waals surface area contributed by atoms with Gasteiger partial charge >= 0.3 is 0 Å². The standard InChI is InChI=1S/C34H44N4O3/c1-4-13-26(31(35)39)28(22-23(2)3)33(40)37-32-34(41)38(21-20-24-14-7-5-8-15-24)29-19-12-11-18-27(29)30(36-32)25-16-9-6-10-17-25/h4,6,9-12,16-19,23-24,26,28,32H,1,5,7-8,13-15,20-22H2,2-3H3,(H2,35,39)(H,37,40)/t26-,28+,32?/m0/s1. The molecule has 2 aromatic carbocycles. The minimum absolute atomic E-state index is 0.141. The SMILES string of the molecule is C=CC[C@H](C(N)=O)[C@@H](CC(C)C)C(=O)NC1N=C(c2ccccc2)c2ccccc2N(CCC2CCCCC2)C1=O. The van der Waals surface area contributed by atoms with Crippen LogP contribution in [0.2, 0.25) is 0 Å². The van der Waals surface area contributed by atoms with E-state index in [-0.39, 0.29) is 18.2 Å². The largest absolute Gasteiger partial charge is 0.369 e. The molecule has 218 valence electrons. The molecule has 2 aromatic rings. The molecule has 3 atom stereocenters. The third kappa shape index (κ3) is 7.51. The van der Waals surface area contributed by atoms with Gasteiger partial charge in [-0.2, -0.15) is 0 Å². The smallest absolute Gasteiger partial charge is 0.272 e. The highest BCUT2D eigenvalue weighted by molar-refractivity contribution is 6.20. The van der Waals surface area contributed by atoms with Crippen LogP contribution in [-0.4, -0.2) is 36.1 Å². The van der Waals surface area contributed by atoms with Crippen LogP contribution < -0.4 is 16.0 Å². The van der Waals surface area contributed by atoms with Crippen molar-refractivity contribution in [2.45, 2.75) is 71.4 Å². The van der Waals surface area contributed by atoms with Crippen molar-refractivity contribution in [1.82, 2.24) is 5.32 Å². The Morgan fingerprint density at radius 1 is 1.05 bits per heavy atom. The molecule has 0 saturated heterocycles. The molecule has 41 heavy (non-hydrogen) atoms. The van der Waals surface area contributed by atoms with Crippen LogP contribution in [0.1, 0.15) is 76.3 Å². The molecule has 7 nitrogen and oxygen atoms in total. The van der Waals surface area contributed by atoms with Gasteiger partial charge in [-0.25, -0.2) is 4.99 Å². The number of carbonyl (C=O) groups is 3. The first-order valence-corrected chi connectivity index (χ1v) is 15.0. The summed E-state index contributed by atoms with van der Waals surface area (Å²) >= 11 is 0. The summed E-state index contributed by atoms with van der Waals surface area (Å²) < 4.78 is 0. The maximum Gasteiger partial charge on any atom is 0.272 e. The number of hydrogen-bond donors (Lipinski definition) is 2. The number of carbonyl (C=O) groups excluding carboxylic acids is 3. The van der Waals surface area contributed by atoms with E-state index in [4.69, 9.17) is 10.7 Å². The van der Waals surface area contributed by atoms with E-state index in [0.29, 0.717) is 24.6 Å². The first kappa shape index (κ1) is 30.2. The third-order valence-electron chi connectivity index (χ3n) is 8.35. The second-order valence-electron chi connectivity index (χ2n) is 11.8. The average molecular weight is 557 g/mol. The number of anilines is 1. The molecular formula is C34H44N4O3. The van der Waals surface area contributed by atoms with Crippen molar-refractivity contribution in [3.63, 3.8) is 0 Å². The van der Waals surface area contributed by atoms with Crippen molar-refractivity contribution in [1.29, 1.82) is 0 Å². The van der Waals surface area contributed by atoms with Crippen LogP contribution in [0.4, 0.5) is 5.69 Å². The maximum atomic E-state index is 14.3. The minimum atomic E-state index is -1.14. The maximum absolute atomic E-state index is 14.3. The summed E-state index contributed by atoms with van der Waals surface area (Å²) in [6, 6.07) is 17.6. The third-order valence-corrected chi connectivity index (χ3v) is 8.35. The lowest BCUT2D eigenvalue weighted by molar-refractivity contribution is -0.135. The fourth-order valence-corrected chi connectivity index (χ4v) is 6.23. The predicted molar refractivity (Wildman–Crippen MR) is 164 cm³/mol. The monoisotopic (exact) mass is 556 g/mol. The Morgan fingerprint density at radius 2 is 1.73 bits per heavy atom. The van der Waals surface area contributed by atoms with Crippen LogP contribution in [0.25, 0.3) is 0 Å². The summed E-state index contributed by atoms with van der Waals surface area (Å²) in [6.07, 6.45) is 8.24. The summed E-state index contributed by atoms with van der Waals surface area (Å²) in [6.45, 7) is 8.31. The lowest BCUT2D eigenvalue weighted by Crippen LogP contribution is -2.51. The van der Waals surface area contributed by atoms with Crippen molar-refractivity contribution in [2.75, 3.05) is 11.4 Å². The highest BCUT2D eigenvalue weighted by Crippen LogP contribution is 2.32. The molecule has 7 heteroatoms. The van der Waals surface area contributed by atoms with Crippen LogP contribution in [0.15, 0.2) is 72.2 Å². The quantitative estimate of drug-likeness (QED) is 0.331. The second-order valence-corrected chi connectivity index (χ2v) is 11.8. The number of amides is 3. The predicted octanol–water partition coefficient (Wildman–Crippen LogP) is 5.62. The zero-order chi connectivity index (χ0) is 29.4. The van der Waals surface area contributed by atoms with Gasteiger partial charge in [-0.15, -0.1) is 6.58 Å². The Balaban J connectivity index is 1.73.